The molecular weight excluding hydrogens is 417 g/mol. The van der Waals surface area contributed by atoms with Crippen LogP contribution in [0.15, 0.2) is 42.0 Å². The third-order valence-electron chi connectivity index (χ3n) is 5.58. The molecule has 156 valence electrons. The maximum absolute atomic E-state index is 12.6. The van der Waals surface area contributed by atoms with E-state index in [4.69, 9.17) is 23.2 Å². The minimum absolute atomic E-state index is 0.0252. The summed E-state index contributed by atoms with van der Waals surface area (Å²) in [7, 11) is 0. The summed E-state index contributed by atoms with van der Waals surface area (Å²) in [5, 5.41) is 13.0. The number of nitriles is 1. The van der Waals surface area contributed by atoms with Crippen molar-refractivity contribution in [1.29, 1.82) is 5.26 Å². The number of nitrogens with zero attached hydrogens (tertiary/aromatic N) is 2. The maximum Gasteiger partial charge on any atom is 0.266 e. The van der Waals surface area contributed by atoms with Crippen LogP contribution in [0, 0.1) is 11.3 Å². The highest BCUT2D eigenvalue weighted by atomic mass is 35.5. The number of fused-ring (bicyclic) bond motifs is 1. The summed E-state index contributed by atoms with van der Waals surface area (Å²) in [5.74, 6) is -0.0975. The molecule has 1 N–H and O–H groups in total. The summed E-state index contributed by atoms with van der Waals surface area (Å²) in [6, 6.07) is 12.9. The Morgan fingerprint density at radius 3 is 2.63 bits per heavy atom. The van der Waals surface area contributed by atoms with E-state index in [-0.39, 0.29) is 11.1 Å². The van der Waals surface area contributed by atoms with Crippen molar-refractivity contribution in [2.75, 3.05) is 16.8 Å². The molecule has 6 heteroatoms. The predicted molar refractivity (Wildman–Crippen MR) is 125 cm³/mol. The maximum atomic E-state index is 12.6. The van der Waals surface area contributed by atoms with Gasteiger partial charge in [0.15, 0.2) is 0 Å². The molecule has 0 bridgehead atoms. The van der Waals surface area contributed by atoms with Crippen molar-refractivity contribution < 1.29 is 4.79 Å². The molecule has 1 aliphatic rings. The van der Waals surface area contributed by atoms with Crippen LogP contribution < -0.4 is 10.2 Å². The van der Waals surface area contributed by atoms with Crippen molar-refractivity contribution in [1.82, 2.24) is 0 Å². The highest BCUT2D eigenvalue weighted by molar-refractivity contribution is 6.42. The second kappa shape index (κ2) is 8.71. The number of halogens is 2. The fourth-order valence-electron chi connectivity index (χ4n) is 4.28. The van der Waals surface area contributed by atoms with Gasteiger partial charge in [0.05, 0.1) is 10.0 Å². The number of carbonyl (C=O) groups is 1. The van der Waals surface area contributed by atoms with Gasteiger partial charge in [0.25, 0.3) is 5.91 Å². The Balaban J connectivity index is 1.89. The minimum Gasteiger partial charge on any atom is -0.366 e. The van der Waals surface area contributed by atoms with Gasteiger partial charge in [-0.3, -0.25) is 4.79 Å². The lowest BCUT2D eigenvalue weighted by Crippen LogP contribution is -2.48. The van der Waals surface area contributed by atoms with Crippen LogP contribution in [0.2, 0.25) is 10.0 Å². The topological polar surface area (TPSA) is 56.1 Å². The van der Waals surface area contributed by atoms with E-state index in [1.54, 1.807) is 24.3 Å². The van der Waals surface area contributed by atoms with Crippen molar-refractivity contribution >= 4 is 46.6 Å². The van der Waals surface area contributed by atoms with Crippen molar-refractivity contribution in [3.05, 3.63) is 63.1 Å². The van der Waals surface area contributed by atoms with Crippen LogP contribution in [0.5, 0.6) is 0 Å². The number of nitrogens with one attached hydrogen (secondary N) is 1. The van der Waals surface area contributed by atoms with Crippen LogP contribution in [-0.4, -0.2) is 18.0 Å². The van der Waals surface area contributed by atoms with Crippen LogP contribution in [0.4, 0.5) is 11.4 Å². The predicted octanol–water partition coefficient (Wildman–Crippen LogP) is 6.65. The van der Waals surface area contributed by atoms with E-state index < -0.39 is 5.91 Å². The monoisotopic (exact) mass is 441 g/mol. The highest BCUT2D eigenvalue weighted by Gasteiger charge is 2.35. The molecule has 0 saturated carbocycles. The largest absolute Gasteiger partial charge is 0.366 e. The fourth-order valence-corrected chi connectivity index (χ4v) is 4.58. The third kappa shape index (κ3) is 4.48. The van der Waals surface area contributed by atoms with E-state index in [0.29, 0.717) is 21.7 Å². The lowest BCUT2D eigenvalue weighted by molar-refractivity contribution is -0.112. The molecule has 3 rings (SSSR count). The Morgan fingerprint density at radius 2 is 2.00 bits per heavy atom. The number of anilines is 2. The number of benzene rings is 2. The van der Waals surface area contributed by atoms with E-state index in [9.17, 15) is 10.1 Å². The average Bonchev–Trinajstić information content (AvgIpc) is 2.68. The van der Waals surface area contributed by atoms with Crippen LogP contribution in [0.1, 0.15) is 51.2 Å². The van der Waals surface area contributed by atoms with Crippen molar-refractivity contribution in [3.8, 4) is 6.07 Å². The SMILES string of the molecule is CCN1c2ccc(/C=C(/C#N)C(=O)Nc3ccc(Cl)c(Cl)c3)cc2[C@@H](C)CC1(C)C. The van der Waals surface area contributed by atoms with Crippen LogP contribution >= 0.6 is 23.2 Å². The highest BCUT2D eigenvalue weighted by Crippen LogP contribution is 2.43. The Morgan fingerprint density at radius 1 is 1.27 bits per heavy atom. The van der Waals surface area contributed by atoms with Crippen LogP contribution in [-0.2, 0) is 4.79 Å². The number of amides is 1. The van der Waals surface area contributed by atoms with Gasteiger partial charge >= 0.3 is 0 Å². The van der Waals surface area contributed by atoms with Gasteiger partial charge in [0.2, 0.25) is 0 Å². The zero-order valence-electron chi connectivity index (χ0n) is 17.6. The van der Waals surface area contributed by atoms with Crippen molar-refractivity contribution in [3.63, 3.8) is 0 Å². The molecule has 30 heavy (non-hydrogen) atoms. The quantitative estimate of drug-likeness (QED) is 0.426. The average molecular weight is 442 g/mol. The molecule has 0 unspecified atom stereocenters. The van der Waals surface area contributed by atoms with E-state index >= 15 is 0 Å². The first-order valence-electron chi connectivity index (χ1n) is 9.96. The molecule has 4 nitrogen and oxygen atoms in total. The molecule has 0 aliphatic carbocycles. The summed E-state index contributed by atoms with van der Waals surface area (Å²) >= 11 is 11.9. The molecule has 0 aromatic heterocycles. The first-order chi connectivity index (χ1) is 14.2. The first kappa shape index (κ1) is 22.2. The van der Waals surface area contributed by atoms with Crippen molar-refractivity contribution in [2.24, 2.45) is 0 Å². The Hall–Kier alpha value is -2.48. The minimum atomic E-state index is -0.488. The summed E-state index contributed by atoms with van der Waals surface area (Å²) in [4.78, 5) is 15.0. The number of hydrogen-bond donors (Lipinski definition) is 1. The van der Waals surface area contributed by atoms with E-state index in [1.807, 2.05) is 12.1 Å². The normalized spacial score (nSPS) is 17.8. The second-order valence-electron chi connectivity index (χ2n) is 8.23. The van der Waals surface area contributed by atoms with Gasteiger partial charge in [0, 0.05) is 23.5 Å². The number of carbonyl (C=O) groups excluding carboxylic acids is 1. The number of rotatable bonds is 4. The Kier molecular flexibility index (Phi) is 6.45. The summed E-state index contributed by atoms with van der Waals surface area (Å²) in [5.41, 5.74) is 3.89. The van der Waals surface area contributed by atoms with Gasteiger partial charge in [-0.25, -0.2) is 0 Å². The molecule has 0 spiro atoms. The number of hydrogen-bond acceptors (Lipinski definition) is 3. The lowest BCUT2D eigenvalue weighted by Gasteiger charge is -2.47. The fraction of sp³-hybridized carbons (Fsp3) is 0.333. The Bertz CT molecular complexity index is 1050. The molecule has 0 radical (unpaired) electrons. The molecule has 1 atom stereocenters. The second-order valence-corrected chi connectivity index (χ2v) is 9.05. The third-order valence-corrected chi connectivity index (χ3v) is 6.32. The lowest BCUT2D eigenvalue weighted by atomic mass is 9.79. The molecule has 2 aromatic carbocycles. The van der Waals surface area contributed by atoms with E-state index in [0.717, 1.165) is 18.5 Å². The van der Waals surface area contributed by atoms with Gasteiger partial charge in [-0.1, -0.05) is 36.2 Å². The molecule has 1 heterocycles. The van der Waals surface area contributed by atoms with E-state index in [1.165, 1.54) is 11.3 Å². The van der Waals surface area contributed by atoms with E-state index in [2.05, 4.69) is 50.0 Å². The van der Waals surface area contributed by atoms with Gasteiger partial charge in [-0.2, -0.15) is 5.26 Å². The van der Waals surface area contributed by atoms with Crippen LogP contribution in [0.3, 0.4) is 0 Å². The Labute approximate surface area is 188 Å². The van der Waals surface area contributed by atoms with Crippen LogP contribution in [0.25, 0.3) is 6.08 Å². The first-order valence-corrected chi connectivity index (χ1v) is 10.7. The zero-order chi connectivity index (χ0) is 22.1. The smallest absolute Gasteiger partial charge is 0.266 e. The standard InChI is InChI=1S/C24H25Cl2N3O/c1-5-29-22-9-6-16(11-19(22)15(2)13-24(29,3)4)10-17(14-27)23(30)28-18-7-8-20(25)21(26)12-18/h6-12,15H,5,13H2,1-4H3,(H,28,30)/b17-10-/t15-/m0/s1. The molecular formula is C24H25Cl2N3O. The van der Waals surface area contributed by atoms with Gasteiger partial charge in [-0.15, -0.1) is 0 Å². The molecule has 2 aromatic rings. The molecule has 1 aliphatic heterocycles. The van der Waals surface area contributed by atoms with Gasteiger partial charge < -0.3 is 10.2 Å². The summed E-state index contributed by atoms with van der Waals surface area (Å²) in [6.45, 7) is 9.85. The molecule has 0 saturated heterocycles. The van der Waals surface area contributed by atoms with Gasteiger partial charge in [0.1, 0.15) is 11.6 Å². The summed E-state index contributed by atoms with van der Waals surface area (Å²) in [6.07, 6.45) is 2.67. The summed E-state index contributed by atoms with van der Waals surface area (Å²) < 4.78 is 0. The van der Waals surface area contributed by atoms with Crippen molar-refractivity contribution in [2.45, 2.75) is 45.6 Å². The zero-order valence-corrected chi connectivity index (χ0v) is 19.1. The van der Waals surface area contributed by atoms with Gasteiger partial charge in [-0.05, 0) is 80.6 Å². The molecule has 0 fully saturated rings. The molecule has 1 amide bonds.